The summed E-state index contributed by atoms with van der Waals surface area (Å²) in [5, 5.41) is 13.4. The van der Waals surface area contributed by atoms with E-state index in [1.54, 1.807) is 24.0 Å². The van der Waals surface area contributed by atoms with E-state index < -0.39 is 5.97 Å². The quantitative estimate of drug-likeness (QED) is 0.896. The molecule has 3 rings (SSSR count). The molecule has 1 atom stereocenters. The number of carboxylic acids is 1. The summed E-state index contributed by atoms with van der Waals surface area (Å²) in [5.41, 5.74) is 0.644. The molecule has 1 fully saturated rings. The zero-order valence-corrected chi connectivity index (χ0v) is 12.4. The standard InChI is InChI=1S/C14H17N5O3/c1-9-8-22-6-5-19(9)12-7-10(14(20)21)16-13(17-12)11-3-4-15-18(11)2/h3-4,7,9H,5-6,8H2,1-2H3,(H,20,21)/t9-/m1/s1. The van der Waals surface area contributed by atoms with Crippen molar-refractivity contribution < 1.29 is 14.6 Å². The van der Waals surface area contributed by atoms with Gasteiger partial charge in [0.05, 0.1) is 19.3 Å². The van der Waals surface area contributed by atoms with Crippen LogP contribution in [0, 0.1) is 0 Å². The van der Waals surface area contributed by atoms with E-state index >= 15 is 0 Å². The summed E-state index contributed by atoms with van der Waals surface area (Å²) in [4.78, 5) is 22.1. The van der Waals surface area contributed by atoms with Gasteiger partial charge < -0.3 is 14.7 Å². The summed E-state index contributed by atoms with van der Waals surface area (Å²) in [5.74, 6) is -0.124. The first-order valence-corrected chi connectivity index (χ1v) is 7.01. The maximum absolute atomic E-state index is 11.4. The van der Waals surface area contributed by atoms with Gasteiger partial charge in [0.15, 0.2) is 11.5 Å². The first-order chi connectivity index (χ1) is 10.6. The van der Waals surface area contributed by atoms with Gasteiger partial charge in [-0.25, -0.2) is 14.8 Å². The van der Waals surface area contributed by atoms with E-state index in [1.807, 2.05) is 11.8 Å². The summed E-state index contributed by atoms with van der Waals surface area (Å²) in [6.45, 7) is 3.87. The Morgan fingerprint density at radius 3 is 2.91 bits per heavy atom. The van der Waals surface area contributed by atoms with Crippen LogP contribution in [0.25, 0.3) is 11.5 Å². The van der Waals surface area contributed by atoms with Gasteiger partial charge in [0.1, 0.15) is 11.5 Å². The van der Waals surface area contributed by atoms with Gasteiger partial charge in [-0.05, 0) is 13.0 Å². The number of hydrogen-bond donors (Lipinski definition) is 1. The Hall–Kier alpha value is -2.48. The van der Waals surface area contributed by atoms with Crippen LogP contribution in [0.4, 0.5) is 5.82 Å². The van der Waals surface area contributed by atoms with E-state index in [0.717, 1.165) is 0 Å². The van der Waals surface area contributed by atoms with E-state index in [4.69, 9.17) is 4.74 Å². The van der Waals surface area contributed by atoms with Crippen molar-refractivity contribution in [3.05, 3.63) is 24.0 Å². The van der Waals surface area contributed by atoms with Crippen LogP contribution in [0.2, 0.25) is 0 Å². The maximum Gasteiger partial charge on any atom is 0.354 e. The third-order valence-electron chi connectivity index (χ3n) is 3.64. The SMILES string of the molecule is C[C@@H]1COCCN1c1cc(C(=O)O)nc(-c2ccnn2C)n1. The number of morpholine rings is 1. The number of carboxylic acid groups (broad SMARTS) is 1. The lowest BCUT2D eigenvalue weighted by Gasteiger charge is -2.34. The number of aryl methyl sites for hydroxylation is 1. The van der Waals surface area contributed by atoms with Crippen LogP contribution >= 0.6 is 0 Å². The van der Waals surface area contributed by atoms with Gasteiger partial charge in [-0.2, -0.15) is 5.10 Å². The molecule has 0 unspecified atom stereocenters. The van der Waals surface area contributed by atoms with E-state index in [-0.39, 0.29) is 11.7 Å². The molecule has 1 aliphatic heterocycles. The molecule has 2 aromatic heterocycles. The lowest BCUT2D eigenvalue weighted by Crippen LogP contribution is -2.44. The van der Waals surface area contributed by atoms with Crippen molar-refractivity contribution in [2.24, 2.45) is 7.05 Å². The molecule has 22 heavy (non-hydrogen) atoms. The van der Waals surface area contributed by atoms with Crippen molar-refractivity contribution in [1.82, 2.24) is 19.7 Å². The number of aromatic carboxylic acids is 1. The van der Waals surface area contributed by atoms with Gasteiger partial charge in [0.2, 0.25) is 0 Å². The third kappa shape index (κ3) is 2.64. The topological polar surface area (TPSA) is 93.4 Å². The van der Waals surface area contributed by atoms with Crippen molar-refractivity contribution in [3.8, 4) is 11.5 Å². The molecule has 0 spiro atoms. The zero-order valence-electron chi connectivity index (χ0n) is 12.4. The number of ether oxygens (including phenoxy) is 1. The van der Waals surface area contributed by atoms with Gasteiger partial charge in [0.25, 0.3) is 0 Å². The predicted molar refractivity (Wildman–Crippen MR) is 78.8 cm³/mol. The fraction of sp³-hybridized carbons (Fsp3) is 0.429. The van der Waals surface area contributed by atoms with Crippen LogP contribution in [0.5, 0.6) is 0 Å². The summed E-state index contributed by atoms with van der Waals surface area (Å²) in [7, 11) is 1.77. The van der Waals surface area contributed by atoms with Crippen LogP contribution in [0.1, 0.15) is 17.4 Å². The second-order valence-corrected chi connectivity index (χ2v) is 5.20. The van der Waals surface area contributed by atoms with Crippen molar-refractivity contribution in [2.75, 3.05) is 24.7 Å². The highest BCUT2D eigenvalue weighted by Crippen LogP contribution is 2.22. The van der Waals surface area contributed by atoms with Gasteiger partial charge >= 0.3 is 5.97 Å². The Labute approximate surface area is 127 Å². The fourth-order valence-electron chi connectivity index (χ4n) is 2.47. The van der Waals surface area contributed by atoms with Crippen molar-refractivity contribution >= 4 is 11.8 Å². The highest BCUT2D eigenvalue weighted by atomic mass is 16.5. The van der Waals surface area contributed by atoms with E-state index in [2.05, 4.69) is 15.1 Å². The maximum atomic E-state index is 11.4. The Bertz CT molecular complexity index is 700. The smallest absolute Gasteiger partial charge is 0.354 e. The first kappa shape index (κ1) is 14.5. The van der Waals surface area contributed by atoms with Crippen molar-refractivity contribution in [1.29, 1.82) is 0 Å². The monoisotopic (exact) mass is 303 g/mol. The highest BCUT2D eigenvalue weighted by Gasteiger charge is 2.23. The second-order valence-electron chi connectivity index (χ2n) is 5.20. The summed E-state index contributed by atoms with van der Waals surface area (Å²) in [6, 6.07) is 3.39. The lowest BCUT2D eigenvalue weighted by atomic mass is 10.2. The Kier molecular flexibility index (Phi) is 3.76. The molecule has 1 saturated heterocycles. The molecule has 8 heteroatoms. The fourth-order valence-corrected chi connectivity index (χ4v) is 2.47. The Balaban J connectivity index is 2.08. The van der Waals surface area contributed by atoms with E-state index in [1.165, 1.54) is 6.07 Å². The minimum atomic E-state index is -1.08. The summed E-state index contributed by atoms with van der Waals surface area (Å²) in [6.07, 6.45) is 1.63. The van der Waals surface area contributed by atoms with Crippen LogP contribution in [0.3, 0.4) is 0 Å². The van der Waals surface area contributed by atoms with Crippen LogP contribution in [-0.2, 0) is 11.8 Å². The largest absolute Gasteiger partial charge is 0.477 e. The molecular weight excluding hydrogens is 286 g/mol. The average Bonchev–Trinajstić information content (AvgIpc) is 2.93. The second kappa shape index (κ2) is 5.72. The van der Waals surface area contributed by atoms with Crippen molar-refractivity contribution in [3.63, 3.8) is 0 Å². The van der Waals surface area contributed by atoms with Crippen LogP contribution < -0.4 is 4.90 Å². The Morgan fingerprint density at radius 1 is 1.45 bits per heavy atom. The number of hydrogen-bond acceptors (Lipinski definition) is 6. The molecule has 0 radical (unpaired) electrons. The van der Waals surface area contributed by atoms with E-state index in [0.29, 0.717) is 37.1 Å². The molecular formula is C14H17N5O3. The summed E-state index contributed by atoms with van der Waals surface area (Å²) < 4.78 is 7.04. The molecule has 0 amide bonds. The van der Waals surface area contributed by atoms with Gasteiger partial charge in [-0.3, -0.25) is 4.68 Å². The lowest BCUT2D eigenvalue weighted by molar-refractivity contribution is 0.0690. The number of nitrogens with zero attached hydrogens (tertiary/aromatic N) is 5. The first-order valence-electron chi connectivity index (χ1n) is 7.01. The zero-order chi connectivity index (χ0) is 15.7. The summed E-state index contributed by atoms with van der Waals surface area (Å²) >= 11 is 0. The Morgan fingerprint density at radius 2 is 2.27 bits per heavy atom. The molecule has 1 N–H and O–H groups in total. The molecule has 0 saturated carbocycles. The molecule has 0 bridgehead atoms. The van der Waals surface area contributed by atoms with Crippen LogP contribution in [0.15, 0.2) is 18.3 Å². The molecule has 116 valence electrons. The molecule has 0 aromatic carbocycles. The number of rotatable bonds is 3. The predicted octanol–water partition coefficient (Wildman–Crippen LogP) is 0.800. The molecule has 8 nitrogen and oxygen atoms in total. The van der Waals surface area contributed by atoms with Crippen molar-refractivity contribution in [2.45, 2.75) is 13.0 Å². The molecule has 3 heterocycles. The normalized spacial score (nSPS) is 18.5. The highest BCUT2D eigenvalue weighted by molar-refractivity contribution is 5.87. The third-order valence-corrected chi connectivity index (χ3v) is 3.64. The van der Waals surface area contributed by atoms with E-state index in [9.17, 15) is 9.90 Å². The minimum absolute atomic E-state index is 0.0279. The van der Waals surface area contributed by atoms with Gasteiger partial charge in [-0.1, -0.05) is 0 Å². The van der Waals surface area contributed by atoms with Gasteiger partial charge in [-0.15, -0.1) is 0 Å². The minimum Gasteiger partial charge on any atom is -0.477 e. The average molecular weight is 303 g/mol. The van der Waals surface area contributed by atoms with Crippen LogP contribution in [-0.4, -0.2) is 56.6 Å². The molecule has 1 aliphatic rings. The number of aromatic nitrogens is 4. The molecule has 2 aromatic rings. The number of anilines is 1. The number of carbonyl (C=O) groups is 1. The molecule has 0 aliphatic carbocycles. The van der Waals surface area contributed by atoms with Gasteiger partial charge in [0, 0.05) is 25.9 Å².